The molecule has 0 aliphatic rings. The van der Waals surface area contributed by atoms with E-state index in [-0.39, 0.29) is 12.3 Å². The molecule has 1 aromatic carbocycles. The molecule has 0 fully saturated rings. The lowest BCUT2D eigenvalue weighted by atomic mass is 9.92. The Hall–Kier alpha value is -2.16. The number of carbonyl (C=O) groups is 1. The Bertz CT molecular complexity index is 443. The first-order valence-corrected chi connectivity index (χ1v) is 5.45. The molecule has 1 aromatic heterocycles. The van der Waals surface area contributed by atoms with E-state index in [0.29, 0.717) is 0 Å². The summed E-state index contributed by atoms with van der Waals surface area (Å²) in [5.41, 5.74) is 1.77. The smallest absolute Gasteiger partial charge is 0.304 e. The van der Waals surface area contributed by atoms with Crippen molar-refractivity contribution in [1.29, 1.82) is 0 Å². The van der Waals surface area contributed by atoms with E-state index in [4.69, 9.17) is 5.11 Å². The fraction of sp³-hybridized carbons (Fsp3) is 0.143. The molecule has 0 radical (unpaired) electrons. The normalized spacial score (nSPS) is 12.0. The van der Waals surface area contributed by atoms with Gasteiger partial charge < -0.3 is 5.11 Å². The summed E-state index contributed by atoms with van der Waals surface area (Å²) in [6.07, 6.45) is 1.74. The van der Waals surface area contributed by atoms with E-state index in [1.54, 1.807) is 6.20 Å². The van der Waals surface area contributed by atoms with Gasteiger partial charge in [-0.15, -0.1) is 0 Å². The Labute approximate surface area is 99.8 Å². The van der Waals surface area contributed by atoms with E-state index < -0.39 is 5.97 Å². The van der Waals surface area contributed by atoms with Gasteiger partial charge in [0.15, 0.2) is 0 Å². The standard InChI is InChI=1S/C14H13NO2/c16-14(17)10-12(11-6-2-1-3-7-11)13-8-4-5-9-15-13/h1-9,12H,10H2,(H,16,17)/t12-/m1/s1. The van der Waals surface area contributed by atoms with Gasteiger partial charge in [-0.2, -0.15) is 0 Å². The molecule has 0 aliphatic carbocycles. The molecule has 0 saturated carbocycles. The first-order valence-electron chi connectivity index (χ1n) is 5.45. The molecule has 0 bridgehead atoms. The molecular formula is C14H13NO2. The Kier molecular flexibility index (Phi) is 3.50. The highest BCUT2D eigenvalue weighted by Crippen LogP contribution is 2.25. The van der Waals surface area contributed by atoms with Gasteiger partial charge in [-0.3, -0.25) is 9.78 Å². The lowest BCUT2D eigenvalue weighted by Crippen LogP contribution is -2.09. The molecular weight excluding hydrogens is 214 g/mol. The van der Waals surface area contributed by atoms with Gasteiger partial charge in [-0.1, -0.05) is 36.4 Å². The summed E-state index contributed by atoms with van der Waals surface area (Å²) >= 11 is 0. The van der Waals surface area contributed by atoms with Crippen LogP contribution in [0, 0.1) is 0 Å². The van der Waals surface area contributed by atoms with E-state index in [1.165, 1.54) is 0 Å². The van der Waals surface area contributed by atoms with Gasteiger partial charge in [-0.05, 0) is 17.7 Å². The van der Waals surface area contributed by atoms with Gasteiger partial charge in [0, 0.05) is 17.8 Å². The largest absolute Gasteiger partial charge is 0.481 e. The average Bonchev–Trinajstić information content (AvgIpc) is 2.38. The van der Waals surface area contributed by atoms with Crippen molar-refractivity contribution in [2.24, 2.45) is 0 Å². The number of nitrogens with zero attached hydrogens (tertiary/aromatic N) is 1. The first-order chi connectivity index (χ1) is 8.27. The molecule has 17 heavy (non-hydrogen) atoms. The van der Waals surface area contributed by atoms with E-state index in [1.807, 2.05) is 48.5 Å². The third-order valence-corrected chi connectivity index (χ3v) is 2.63. The molecule has 1 atom stereocenters. The van der Waals surface area contributed by atoms with Crippen LogP contribution in [0.4, 0.5) is 0 Å². The summed E-state index contributed by atoms with van der Waals surface area (Å²) in [6, 6.07) is 15.2. The predicted molar refractivity (Wildman–Crippen MR) is 64.8 cm³/mol. The van der Waals surface area contributed by atoms with E-state index in [2.05, 4.69) is 4.98 Å². The number of rotatable bonds is 4. The van der Waals surface area contributed by atoms with Crippen LogP contribution in [-0.2, 0) is 4.79 Å². The number of aromatic nitrogens is 1. The SMILES string of the molecule is O=C(O)C[C@H](c1ccccc1)c1ccccn1. The summed E-state index contributed by atoms with van der Waals surface area (Å²) in [5.74, 6) is -1.00. The molecule has 0 amide bonds. The van der Waals surface area contributed by atoms with Gasteiger partial charge in [0.25, 0.3) is 0 Å². The number of carboxylic acid groups (broad SMARTS) is 1. The maximum absolute atomic E-state index is 10.9. The van der Waals surface area contributed by atoms with Crippen molar-refractivity contribution in [3.63, 3.8) is 0 Å². The Morgan fingerprint density at radius 2 is 1.82 bits per heavy atom. The second kappa shape index (κ2) is 5.25. The topological polar surface area (TPSA) is 50.2 Å². The minimum Gasteiger partial charge on any atom is -0.481 e. The molecule has 2 aromatic rings. The maximum atomic E-state index is 10.9. The fourth-order valence-corrected chi connectivity index (χ4v) is 1.84. The van der Waals surface area contributed by atoms with Crippen molar-refractivity contribution in [1.82, 2.24) is 4.98 Å². The third kappa shape index (κ3) is 2.91. The van der Waals surface area contributed by atoms with E-state index >= 15 is 0 Å². The van der Waals surface area contributed by atoms with Crippen molar-refractivity contribution in [3.8, 4) is 0 Å². The lowest BCUT2D eigenvalue weighted by Gasteiger charge is -2.14. The van der Waals surface area contributed by atoms with Crippen LogP contribution in [0.25, 0.3) is 0 Å². The quantitative estimate of drug-likeness (QED) is 0.873. The van der Waals surface area contributed by atoms with Gasteiger partial charge in [0.2, 0.25) is 0 Å². The number of benzene rings is 1. The predicted octanol–water partition coefficient (Wildman–Crippen LogP) is 2.69. The van der Waals surface area contributed by atoms with Gasteiger partial charge in [0.1, 0.15) is 0 Å². The summed E-state index contributed by atoms with van der Waals surface area (Å²) in [5, 5.41) is 8.98. The van der Waals surface area contributed by atoms with Crippen molar-refractivity contribution < 1.29 is 9.90 Å². The molecule has 0 unspecified atom stereocenters. The zero-order valence-corrected chi connectivity index (χ0v) is 9.28. The zero-order chi connectivity index (χ0) is 12.1. The second-order valence-corrected chi connectivity index (χ2v) is 3.82. The Morgan fingerprint density at radius 3 is 2.41 bits per heavy atom. The maximum Gasteiger partial charge on any atom is 0.304 e. The molecule has 0 saturated heterocycles. The van der Waals surface area contributed by atoms with Crippen molar-refractivity contribution >= 4 is 5.97 Å². The number of hydrogen-bond donors (Lipinski definition) is 1. The molecule has 0 aliphatic heterocycles. The molecule has 0 spiro atoms. The fourth-order valence-electron chi connectivity index (χ4n) is 1.84. The van der Waals surface area contributed by atoms with Crippen LogP contribution < -0.4 is 0 Å². The van der Waals surface area contributed by atoms with Gasteiger partial charge in [-0.25, -0.2) is 0 Å². The van der Waals surface area contributed by atoms with Crippen LogP contribution in [-0.4, -0.2) is 16.1 Å². The van der Waals surface area contributed by atoms with Crippen LogP contribution in [0.15, 0.2) is 54.7 Å². The van der Waals surface area contributed by atoms with Crippen LogP contribution in [0.2, 0.25) is 0 Å². The van der Waals surface area contributed by atoms with Crippen LogP contribution in [0.1, 0.15) is 23.6 Å². The molecule has 1 heterocycles. The summed E-state index contributed by atoms with van der Waals surface area (Å²) < 4.78 is 0. The average molecular weight is 227 g/mol. The molecule has 3 heteroatoms. The summed E-state index contributed by atoms with van der Waals surface area (Å²) in [6.45, 7) is 0. The number of pyridine rings is 1. The second-order valence-electron chi connectivity index (χ2n) is 3.82. The molecule has 3 nitrogen and oxygen atoms in total. The zero-order valence-electron chi connectivity index (χ0n) is 9.28. The minimum atomic E-state index is -0.815. The first kappa shape index (κ1) is 11.3. The highest BCUT2D eigenvalue weighted by Gasteiger charge is 2.18. The van der Waals surface area contributed by atoms with Crippen molar-refractivity contribution in [2.45, 2.75) is 12.3 Å². The van der Waals surface area contributed by atoms with Gasteiger partial charge >= 0.3 is 5.97 Å². The molecule has 2 rings (SSSR count). The van der Waals surface area contributed by atoms with E-state index in [0.717, 1.165) is 11.3 Å². The van der Waals surface area contributed by atoms with E-state index in [9.17, 15) is 4.79 Å². The number of aliphatic carboxylic acids is 1. The van der Waals surface area contributed by atoms with Crippen molar-refractivity contribution in [3.05, 3.63) is 66.0 Å². The highest BCUT2D eigenvalue weighted by atomic mass is 16.4. The molecule has 86 valence electrons. The third-order valence-electron chi connectivity index (χ3n) is 2.63. The Balaban J connectivity index is 2.36. The van der Waals surface area contributed by atoms with Crippen LogP contribution >= 0.6 is 0 Å². The molecule has 1 N–H and O–H groups in total. The summed E-state index contributed by atoms with van der Waals surface area (Å²) in [4.78, 5) is 15.2. The highest BCUT2D eigenvalue weighted by molar-refractivity contribution is 5.68. The van der Waals surface area contributed by atoms with Crippen LogP contribution in [0.3, 0.4) is 0 Å². The number of hydrogen-bond acceptors (Lipinski definition) is 2. The summed E-state index contributed by atoms with van der Waals surface area (Å²) in [7, 11) is 0. The number of carboxylic acids is 1. The van der Waals surface area contributed by atoms with Crippen molar-refractivity contribution in [2.75, 3.05) is 0 Å². The Morgan fingerprint density at radius 1 is 1.12 bits per heavy atom. The van der Waals surface area contributed by atoms with Gasteiger partial charge in [0.05, 0.1) is 6.42 Å². The monoisotopic (exact) mass is 227 g/mol. The lowest BCUT2D eigenvalue weighted by molar-refractivity contribution is -0.137. The van der Waals surface area contributed by atoms with Crippen LogP contribution in [0.5, 0.6) is 0 Å². The minimum absolute atomic E-state index is 0.0566.